The molecule has 1 aromatic carbocycles. The third kappa shape index (κ3) is 6.86. The Labute approximate surface area is 158 Å². The van der Waals surface area contributed by atoms with Crippen LogP contribution in [-0.2, 0) is 6.54 Å². The lowest BCUT2D eigenvalue weighted by Gasteiger charge is -2.33. The number of nitriles is 1. The number of rotatable bonds is 10. The number of hydrogen-bond acceptors (Lipinski definition) is 5. The number of likely N-dealkylation sites (tertiary alicyclic amines) is 1. The zero-order valence-electron chi connectivity index (χ0n) is 16.5. The Morgan fingerprint density at radius 1 is 1.38 bits per heavy atom. The molecule has 5 nitrogen and oxygen atoms in total. The molecule has 1 saturated heterocycles. The number of nitrogens with zero attached hydrogens (tertiary/aromatic N) is 2. The smallest absolute Gasteiger partial charge is 0.161 e. The van der Waals surface area contributed by atoms with Gasteiger partial charge in [-0.3, -0.25) is 0 Å². The summed E-state index contributed by atoms with van der Waals surface area (Å²) in [5, 5.41) is 12.2. The Morgan fingerprint density at radius 3 is 2.96 bits per heavy atom. The maximum atomic E-state index is 8.62. The molecular formula is C21H33N3O2. The van der Waals surface area contributed by atoms with Crippen molar-refractivity contribution in [1.29, 1.82) is 5.26 Å². The summed E-state index contributed by atoms with van der Waals surface area (Å²) in [6.07, 6.45) is 3.92. The predicted octanol–water partition coefficient (Wildman–Crippen LogP) is 3.59. The molecule has 144 valence electrons. The van der Waals surface area contributed by atoms with Crippen molar-refractivity contribution in [3.8, 4) is 17.6 Å². The number of ether oxygens (including phenoxy) is 2. The van der Waals surface area contributed by atoms with E-state index >= 15 is 0 Å². The molecule has 0 aliphatic carbocycles. The Balaban J connectivity index is 1.83. The van der Waals surface area contributed by atoms with E-state index in [1.807, 2.05) is 12.1 Å². The zero-order valence-corrected chi connectivity index (χ0v) is 16.5. The molecule has 1 fully saturated rings. The van der Waals surface area contributed by atoms with Gasteiger partial charge in [-0.2, -0.15) is 5.26 Å². The van der Waals surface area contributed by atoms with Gasteiger partial charge in [-0.15, -0.1) is 0 Å². The van der Waals surface area contributed by atoms with Gasteiger partial charge in [0.25, 0.3) is 0 Å². The van der Waals surface area contributed by atoms with Gasteiger partial charge in [0.2, 0.25) is 0 Å². The normalized spacial score (nSPS) is 18.9. The topological polar surface area (TPSA) is 57.5 Å². The monoisotopic (exact) mass is 359 g/mol. The van der Waals surface area contributed by atoms with Gasteiger partial charge in [-0.1, -0.05) is 13.0 Å². The van der Waals surface area contributed by atoms with Crippen LogP contribution in [0.2, 0.25) is 0 Å². The Hall–Kier alpha value is -1.77. The van der Waals surface area contributed by atoms with Gasteiger partial charge in [0.15, 0.2) is 11.5 Å². The van der Waals surface area contributed by atoms with Crippen molar-refractivity contribution in [3.63, 3.8) is 0 Å². The van der Waals surface area contributed by atoms with Crippen LogP contribution in [0.1, 0.15) is 45.1 Å². The van der Waals surface area contributed by atoms with E-state index in [9.17, 15) is 0 Å². The van der Waals surface area contributed by atoms with Crippen molar-refractivity contribution in [2.45, 2.75) is 52.1 Å². The van der Waals surface area contributed by atoms with Crippen molar-refractivity contribution in [3.05, 3.63) is 23.8 Å². The molecule has 2 rings (SSSR count). The van der Waals surface area contributed by atoms with Gasteiger partial charge >= 0.3 is 0 Å². The van der Waals surface area contributed by atoms with Gasteiger partial charge in [-0.05, 0) is 56.3 Å². The van der Waals surface area contributed by atoms with Crippen LogP contribution < -0.4 is 14.8 Å². The highest BCUT2D eigenvalue weighted by Crippen LogP contribution is 2.28. The van der Waals surface area contributed by atoms with Crippen molar-refractivity contribution < 1.29 is 9.47 Å². The molecular weight excluding hydrogens is 326 g/mol. The summed E-state index contributed by atoms with van der Waals surface area (Å²) < 4.78 is 11.2. The second kappa shape index (κ2) is 11.1. The third-order valence-electron chi connectivity index (χ3n) is 4.85. The molecule has 1 aliphatic heterocycles. The predicted molar refractivity (Wildman–Crippen MR) is 104 cm³/mol. The molecule has 0 radical (unpaired) electrons. The summed E-state index contributed by atoms with van der Waals surface area (Å²) in [4.78, 5) is 2.57. The first-order chi connectivity index (χ1) is 12.6. The van der Waals surface area contributed by atoms with E-state index in [-0.39, 0.29) is 0 Å². The lowest BCUT2D eigenvalue weighted by Crippen LogP contribution is -2.43. The summed E-state index contributed by atoms with van der Waals surface area (Å²) >= 11 is 0. The van der Waals surface area contributed by atoms with Crippen LogP contribution >= 0.6 is 0 Å². The molecule has 1 aliphatic rings. The fourth-order valence-electron chi connectivity index (χ4n) is 3.47. The summed E-state index contributed by atoms with van der Waals surface area (Å²) in [5.74, 6) is 2.31. The summed E-state index contributed by atoms with van der Waals surface area (Å²) in [5.41, 5.74) is 1.18. The molecule has 0 amide bonds. The molecule has 1 heterocycles. The SMILES string of the molecule is COc1ccc(CNC(C)CN2CCCC(C)C2)cc1OCCCC#N. The standard InChI is InChI=1S/C21H33N3O2/c1-17-7-6-11-24(15-17)16-18(2)23-14-19-8-9-20(25-3)21(13-19)26-12-5-4-10-22/h8-9,13,17-18,23H,4-7,11-12,14-16H2,1-3H3. The van der Waals surface area contributed by atoms with Gasteiger partial charge in [0, 0.05) is 32.1 Å². The minimum absolute atomic E-state index is 0.447. The van der Waals surface area contributed by atoms with Gasteiger partial charge in [-0.25, -0.2) is 0 Å². The maximum Gasteiger partial charge on any atom is 0.161 e. The Kier molecular flexibility index (Phi) is 8.73. The molecule has 2 unspecified atom stereocenters. The van der Waals surface area contributed by atoms with E-state index in [0.717, 1.165) is 36.9 Å². The molecule has 0 bridgehead atoms. The Morgan fingerprint density at radius 2 is 2.23 bits per heavy atom. The molecule has 1 aromatic rings. The second-order valence-corrected chi connectivity index (χ2v) is 7.38. The van der Waals surface area contributed by atoms with E-state index in [2.05, 4.69) is 36.2 Å². The molecule has 0 spiro atoms. The maximum absolute atomic E-state index is 8.62. The van der Waals surface area contributed by atoms with Crippen molar-refractivity contribution in [2.75, 3.05) is 33.4 Å². The first kappa shape index (κ1) is 20.5. The number of piperidine rings is 1. The van der Waals surface area contributed by atoms with E-state index < -0.39 is 0 Å². The average Bonchev–Trinajstić information content (AvgIpc) is 2.64. The van der Waals surface area contributed by atoms with E-state index in [4.69, 9.17) is 14.7 Å². The highest BCUT2D eigenvalue weighted by Gasteiger charge is 2.17. The lowest BCUT2D eigenvalue weighted by molar-refractivity contribution is 0.169. The number of nitrogens with one attached hydrogen (secondary N) is 1. The quantitative estimate of drug-likeness (QED) is 0.647. The van der Waals surface area contributed by atoms with Crippen LogP contribution in [0.15, 0.2) is 18.2 Å². The first-order valence-corrected chi connectivity index (χ1v) is 9.74. The number of methoxy groups -OCH3 is 1. The average molecular weight is 360 g/mol. The fraction of sp³-hybridized carbons (Fsp3) is 0.667. The van der Waals surface area contributed by atoms with Gasteiger partial charge in [0.05, 0.1) is 19.8 Å². The van der Waals surface area contributed by atoms with Crippen LogP contribution in [0.5, 0.6) is 11.5 Å². The highest BCUT2D eigenvalue weighted by molar-refractivity contribution is 5.43. The highest BCUT2D eigenvalue weighted by atomic mass is 16.5. The van der Waals surface area contributed by atoms with Gasteiger partial charge < -0.3 is 19.7 Å². The third-order valence-corrected chi connectivity index (χ3v) is 4.85. The van der Waals surface area contributed by atoms with E-state index in [1.165, 1.54) is 31.5 Å². The minimum Gasteiger partial charge on any atom is -0.493 e. The number of unbranched alkanes of at least 4 members (excludes halogenated alkanes) is 1. The minimum atomic E-state index is 0.447. The molecule has 1 N–H and O–H groups in total. The zero-order chi connectivity index (χ0) is 18.8. The first-order valence-electron chi connectivity index (χ1n) is 9.74. The van der Waals surface area contributed by atoms with Crippen molar-refractivity contribution in [2.24, 2.45) is 5.92 Å². The fourth-order valence-corrected chi connectivity index (χ4v) is 3.47. The largest absolute Gasteiger partial charge is 0.493 e. The van der Waals surface area contributed by atoms with Crippen molar-refractivity contribution in [1.82, 2.24) is 10.2 Å². The molecule has 26 heavy (non-hydrogen) atoms. The van der Waals surface area contributed by atoms with Crippen LogP contribution in [0.3, 0.4) is 0 Å². The number of hydrogen-bond donors (Lipinski definition) is 1. The number of benzene rings is 1. The molecule has 2 atom stereocenters. The van der Waals surface area contributed by atoms with Crippen LogP contribution in [0, 0.1) is 17.2 Å². The summed E-state index contributed by atoms with van der Waals surface area (Å²) in [7, 11) is 1.65. The van der Waals surface area contributed by atoms with E-state index in [1.54, 1.807) is 7.11 Å². The summed E-state index contributed by atoms with van der Waals surface area (Å²) in [6.45, 7) is 9.47. The van der Waals surface area contributed by atoms with Crippen LogP contribution in [0.25, 0.3) is 0 Å². The van der Waals surface area contributed by atoms with Crippen molar-refractivity contribution >= 4 is 0 Å². The Bertz CT molecular complexity index is 585. The van der Waals surface area contributed by atoms with E-state index in [0.29, 0.717) is 19.1 Å². The molecule has 0 saturated carbocycles. The molecule has 0 aromatic heterocycles. The second-order valence-electron chi connectivity index (χ2n) is 7.38. The van der Waals surface area contributed by atoms with Gasteiger partial charge in [0.1, 0.15) is 0 Å². The summed E-state index contributed by atoms with van der Waals surface area (Å²) in [6, 6.07) is 8.64. The van der Waals surface area contributed by atoms with Crippen LogP contribution in [-0.4, -0.2) is 44.3 Å². The van der Waals surface area contributed by atoms with Crippen LogP contribution in [0.4, 0.5) is 0 Å². The molecule has 5 heteroatoms. The lowest BCUT2D eigenvalue weighted by atomic mass is 10.00.